The fourth-order valence-corrected chi connectivity index (χ4v) is 1.03. The first-order valence-electron chi connectivity index (χ1n) is 6.02. The van der Waals surface area contributed by atoms with E-state index in [1.165, 1.54) is 6.42 Å². The van der Waals surface area contributed by atoms with Crippen LogP contribution in [-0.2, 0) is 4.79 Å². The van der Waals surface area contributed by atoms with E-state index >= 15 is 0 Å². The molecule has 0 aliphatic rings. The van der Waals surface area contributed by atoms with Gasteiger partial charge in [-0.25, -0.2) is 0 Å². The number of hydrogen-bond donors (Lipinski definition) is 2. The average molecular weight is 248 g/mol. The van der Waals surface area contributed by atoms with Crippen LogP contribution >= 0.6 is 12.6 Å². The molecule has 0 spiro atoms. The van der Waals surface area contributed by atoms with Gasteiger partial charge in [-0.1, -0.05) is 27.2 Å². The Morgan fingerprint density at radius 1 is 1.38 bits per heavy atom. The van der Waals surface area contributed by atoms with Crippen LogP contribution in [0.1, 0.15) is 33.6 Å². The number of nitrogens with zero attached hydrogens (tertiary/aromatic N) is 1. The zero-order chi connectivity index (χ0) is 13.0. The standard InChI is InChI=1S/C9H20N2OS.C3H8/c1-8(7-13)9(12)10-5-4-6-11(2)3;1-3-2/h8,13H,4-7H2,1-3H3,(H,10,12);3H2,1-2H3. The summed E-state index contributed by atoms with van der Waals surface area (Å²) in [5.74, 6) is 0.732. The van der Waals surface area contributed by atoms with Gasteiger partial charge in [-0.05, 0) is 27.1 Å². The molecule has 0 aromatic heterocycles. The second-order valence-electron chi connectivity index (χ2n) is 4.24. The minimum absolute atomic E-state index is 0.0164. The topological polar surface area (TPSA) is 32.3 Å². The molecule has 1 unspecified atom stereocenters. The maximum Gasteiger partial charge on any atom is 0.223 e. The van der Waals surface area contributed by atoms with Crippen molar-refractivity contribution in [1.29, 1.82) is 0 Å². The van der Waals surface area contributed by atoms with Gasteiger partial charge in [0.05, 0.1) is 0 Å². The van der Waals surface area contributed by atoms with Gasteiger partial charge in [0.25, 0.3) is 0 Å². The highest BCUT2D eigenvalue weighted by atomic mass is 32.1. The molecular weight excluding hydrogens is 220 g/mol. The van der Waals surface area contributed by atoms with E-state index in [2.05, 4.69) is 36.7 Å². The Balaban J connectivity index is 0. The van der Waals surface area contributed by atoms with Gasteiger partial charge in [0.1, 0.15) is 0 Å². The first kappa shape index (κ1) is 18.2. The zero-order valence-electron chi connectivity index (χ0n) is 11.4. The summed E-state index contributed by atoms with van der Waals surface area (Å²) in [7, 11) is 4.05. The number of rotatable bonds is 6. The molecule has 0 heterocycles. The Morgan fingerprint density at radius 3 is 2.25 bits per heavy atom. The Morgan fingerprint density at radius 2 is 1.88 bits per heavy atom. The lowest BCUT2D eigenvalue weighted by molar-refractivity contribution is -0.123. The van der Waals surface area contributed by atoms with E-state index in [1.54, 1.807) is 0 Å². The normalized spacial score (nSPS) is 11.7. The number of thiol groups is 1. The predicted octanol–water partition coefficient (Wildman–Crippen LogP) is 2.04. The first-order chi connectivity index (χ1) is 7.49. The van der Waals surface area contributed by atoms with E-state index in [0.29, 0.717) is 5.75 Å². The summed E-state index contributed by atoms with van der Waals surface area (Å²) in [4.78, 5) is 13.4. The SMILES string of the molecule is CC(CS)C(=O)NCCCN(C)C.CCC. The third kappa shape index (κ3) is 13.8. The van der Waals surface area contributed by atoms with Crippen LogP contribution in [0.4, 0.5) is 0 Å². The van der Waals surface area contributed by atoms with Crippen LogP contribution < -0.4 is 5.32 Å². The Kier molecular flexibility index (Phi) is 14.6. The number of amides is 1. The fraction of sp³-hybridized carbons (Fsp3) is 0.917. The number of carbonyl (C=O) groups excluding carboxylic acids is 1. The minimum Gasteiger partial charge on any atom is -0.356 e. The summed E-state index contributed by atoms with van der Waals surface area (Å²) in [5.41, 5.74) is 0. The number of nitrogens with one attached hydrogen (secondary N) is 1. The molecule has 0 saturated carbocycles. The fourth-order valence-electron chi connectivity index (χ4n) is 0.864. The van der Waals surface area contributed by atoms with Crippen molar-refractivity contribution in [1.82, 2.24) is 10.2 Å². The molecule has 0 rings (SSSR count). The van der Waals surface area contributed by atoms with E-state index in [0.717, 1.165) is 19.5 Å². The third-order valence-corrected chi connectivity index (χ3v) is 2.35. The van der Waals surface area contributed by atoms with Crippen LogP contribution in [0.3, 0.4) is 0 Å². The maximum atomic E-state index is 11.2. The van der Waals surface area contributed by atoms with Gasteiger partial charge in [0, 0.05) is 18.2 Å². The van der Waals surface area contributed by atoms with Crippen LogP contribution in [-0.4, -0.2) is 43.7 Å². The molecule has 0 aliphatic carbocycles. The molecule has 16 heavy (non-hydrogen) atoms. The molecule has 0 fully saturated rings. The summed E-state index contributed by atoms with van der Waals surface area (Å²) in [6.45, 7) is 7.90. The van der Waals surface area contributed by atoms with Gasteiger partial charge in [-0.15, -0.1) is 0 Å². The molecular formula is C12H28N2OS. The Bertz CT molecular complexity index is 163. The molecule has 0 aromatic carbocycles. The summed E-state index contributed by atoms with van der Waals surface area (Å²) in [5, 5.41) is 2.87. The number of hydrogen-bond acceptors (Lipinski definition) is 3. The second kappa shape index (κ2) is 12.8. The van der Waals surface area contributed by atoms with E-state index in [1.807, 2.05) is 21.0 Å². The molecule has 1 N–H and O–H groups in total. The van der Waals surface area contributed by atoms with Crippen LogP contribution in [0, 0.1) is 5.92 Å². The molecule has 98 valence electrons. The predicted molar refractivity (Wildman–Crippen MR) is 75.2 cm³/mol. The lowest BCUT2D eigenvalue weighted by Crippen LogP contribution is -2.32. The minimum atomic E-state index is 0.0164. The molecule has 0 bridgehead atoms. The largest absolute Gasteiger partial charge is 0.356 e. The van der Waals surface area contributed by atoms with E-state index in [-0.39, 0.29) is 11.8 Å². The first-order valence-corrected chi connectivity index (χ1v) is 6.66. The lowest BCUT2D eigenvalue weighted by Gasteiger charge is -2.11. The third-order valence-electron chi connectivity index (χ3n) is 1.80. The molecule has 3 nitrogen and oxygen atoms in total. The average Bonchev–Trinajstić information content (AvgIpc) is 2.23. The van der Waals surface area contributed by atoms with Gasteiger partial charge in [-0.2, -0.15) is 12.6 Å². The molecule has 0 radical (unpaired) electrons. The van der Waals surface area contributed by atoms with Crippen LogP contribution in [0.5, 0.6) is 0 Å². The number of carbonyl (C=O) groups is 1. The second-order valence-corrected chi connectivity index (χ2v) is 4.60. The van der Waals surface area contributed by atoms with E-state index < -0.39 is 0 Å². The molecule has 0 aliphatic heterocycles. The van der Waals surface area contributed by atoms with Crippen molar-refractivity contribution in [3.63, 3.8) is 0 Å². The maximum absolute atomic E-state index is 11.2. The molecule has 0 aromatic rings. The van der Waals surface area contributed by atoms with Gasteiger partial charge >= 0.3 is 0 Å². The quantitative estimate of drug-likeness (QED) is 0.557. The van der Waals surface area contributed by atoms with Gasteiger partial charge in [0.15, 0.2) is 0 Å². The van der Waals surface area contributed by atoms with Crippen LogP contribution in [0.2, 0.25) is 0 Å². The Hall–Kier alpha value is -0.220. The van der Waals surface area contributed by atoms with Crippen molar-refractivity contribution in [2.24, 2.45) is 5.92 Å². The highest BCUT2D eigenvalue weighted by Crippen LogP contribution is 1.96. The smallest absolute Gasteiger partial charge is 0.223 e. The van der Waals surface area contributed by atoms with Crippen molar-refractivity contribution in [3.05, 3.63) is 0 Å². The molecule has 1 amide bonds. The van der Waals surface area contributed by atoms with Crippen molar-refractivity contribution < 1.29 is 4.79 Å². The van der Waals surface area contributed by atoms with E-state index in [4.69, 9.17) is 0 Å². The molecule has 4 heteroatoms. The van der Waals surface area contributed by atoms with Gasteiger partial charge < -0.3 is 10.2 Å². The van der Waals surface area contributed by atoms with Gasteiger partial charge in [-0.3, -0.25) is 4.79 Å². The van der Waals surface area contributed by atoms with Gasteiger partial charge in [0.2, 0.25) is 5.91 Å². The zero-order valence-corrected chi connectivity index (χ0v) is 12.3. The van der Waals surface area contributed by atoms with Crippen molar-refractivity contribution in [3.8, 4) is 0 Å². The monoisotopic (exact) mass is 248 g/mol. The van der Waals surface area contributed by atoms with Crippen molar-refractivity contribution in [2.45, 2.75) is 33.6 Å². The molecule has 1 atom stereocenters. The summed E-state index contributed by atoms with van der Waals surface area (Å²) >= 11 is 4.06. The van der Waals surface area contributed by atoms with Crippen LogP contribution in [0.25, 0.3) is 0 Å². The summed E-state index contributed by atoms with van der Waals surface area (Å²) < 4.78 is 0. The molecule has 0 saturated heterocycles. The van der Waals surface area contributed by atoms with E-state index in [9.17, 15) is 4.79 Å². The van der Waals surface area contributed by atoms with Crippen molar-refractivity contribution in [2.75, 3.05) is 32.9 Å². The summed E-state index contributed by atoms with van der Waals surface area (Å²) in [6, 6.07) is 0. The summed E-state index contributed by atoms with van der Waals surface area (Å²) in [6.07, 6.45) is 2.25. The highest BCUT2D eigenvalue weighted by Gasteiger charge is 2.08. The van der Waals surface area contributed by atoms with Crippen molar-refractivity contribution >= 4 is 18.5 Å². The van der Waals surface area contributed by atoms with Crippen LogP contribution in [0.15, 0.2) is 0 Å². The lowest BCUT2D eigenvalue weighted by atomic mass is 10.2. The Labute approximate surface area is 106 Å². The highest BCUT2D eigenvalue weighted by molar-refractivity contribution is 7.80.